The van der Waals surface area contributed by atoms with Gasteiger partial charge in [0.05, 0.1) is 4.90 Å². The minimum Gasteiger partial charge on any atom is -0.381 e. The van der Waals surface area contributed by atoms with Gasteiger partial charge < -0.3 is 4.74 Å². The Kier molecular flexibility index (Phi) is 5.18. The number of hydrogen-bond donors (Lipinski definition) is 0. The molecule has 1 aromatic carbocycles. The van der Waals surface area contributed by atoms with E-state index in [2.05, 4.69) is 6.92 Å². The van der Waals surface area contributed by atoms with Gasteiger partial charge in [-0.3, -0.25) is 0 Å². The summed E-state index contributed by atoms with van der Waals surface area (Å²) in [6.45, 7) is 4.11. The molecule has 0 radical (unpaired) electrons. The van der Waals surface area contributed by atoms with Crippen LogP contribution in [0.15, 0.2) is 29.2 Å². The lowest BCUT2D eigenvalue weighted by Crippen LogP contribution is -2.34. The summed E-state index contributed by atoms with van der Waals surface area (Å²) in [5.41, 5.74) is 1.15. The van der Waals surface area contributed by atoms with Crippen LogP contribution in [-0.2, 0) is 21.2 Å². The number of benzene rings is 1. The number of nitrogens with zero attached hydrogens (tertiary/aromatic N) is 1. The lowest BCUT2D eigenvalue weighted by Gasteiger charge is -2.26. The van der Waals surface area contributed by atoms with E-state index in [4.69, 9.17) is 4.74 Å². The second kappa shape index (κ2) is 6.70. The molecule has 4 nitrogen and oxygen atoms in total. The molecule has 0 atom stereocenters. The maximum Gasteiger partial charge on any atom is 0.242 e. The molecule has 1 fully saturated rings. The molecule has 5 heteroatoms. The van der Waals surface area contributed by atoms with Gasteiger partial charge in [0.1, 0.15) is 0 Å². The van der Waals surface area contributed by atoms with Gasteiger partial charge in [-0.2, -0.15) is 0 Å². The molecular weight excluding hydrogens is 274 g/mol. The van der Waals surface area contributed by atoms with Crippen LogP contribution >= 0.6 is 0 Å². The molecule has 0 spiro atoms. The van der Waals surface area contributed by atoms with E-state index in [1.54, 1.807) is 19.2 Å². The second-order valence-corrected chi connectivity index (χ2v) is 7.38. The van der Waals surface area contributed by atoms with Crippen LogP contribution in [0.2, 0.25) is 0 Å². The Balaban J connectivity index is 2.07. The third kappa shape index (κ3) is 3.59. The first-order valence-electron chi connectivity index (χ1n) is 7.17. The van der Waals surface area contributed by atoms with Crippen molar-refractivity contribution in [2.24, 2.45) is 5.92 Å². The van der Waals surface area contributed by atoms with E-state index in [1.165, 1.54) is 4.31 Å². The van der Waals surface area contributed by atoms with Crippen molar-refractivity contribution in [3.8, 4) is 0 Å². The van der Waals surface area contributed by atoms with Gasteiger partial charge >= 0.3 is 0 Å². The Hall–Kier alpha value is -0.910. The van der Waals surface area contributed by atoms with Crippen molar-refractivity contribution in [2.45, 2.75) is 31.1 Å². The van der Waals surface area contributed by atoms with Gasteiger partial charge in [-0.25, -0.2) is 12.7 Å². The molecule has 1 aliphatic rings. The molecule has 1 aliphatic heterocycles. The molecule has 20 heavy (non-hydrogen) atoms. The van der Waals surface area contributed by atoms with Crippen LogP contribution in [0, 0.1) is 5.92 Å². The number of ether oxygens (including phenoxy) is 1. The predicted octanol–water partition coefficient (Wildman–Crippen LogP) is 2.30. The Morgan fingerprint density at radius 1 is 1.20 bits per heavy atom. The average molecular weight is 297 g/mol. The summed E-state index contributed by atoms with van der Waals surface area (Å²) in [6, 6.07) is 7.17. The number of rotatable bonds is 5. The van der Waals surface area contributed by atoms with E-state index in [9.17, 15) is 8.42 Å². The number of sulfonamides is 1. The molecule has 0 saturated carbocycles. The molecule has 1 saturated heterocycles. The van der Waals surface area contributed by atoms with E-state index in [-0.39, 0.29) is 0 Å². The van der Waals surface area contributed by atoms with Gasteiger partial charge in [-0.05, 0) is 42.9 Å². The highest BCUT2D eigenvalue weighted by molar-refractivity contribution is 7.89. The van der Waals surface area contributed by atoms with E-state index in [0.717, 1.165) is 38.0 Å². The normalized spacial score (nSPS) is 17.6. The maximum absolute atomic E-state index is 12.5. The highest BCUT2D eigenvalue weighted by Gasteiger charge is 2.24. The third-order valence-electron chi connectivity index (χ3n) is 3.90. The summed E-state index contributed by atoms with van der Waals surface area (Å²) in [7, 11) is -1.71. The van der Waals surface area contributed by atoms with Crippen LogP contribution < -0.4 is 0 Å². The fourth-order valence-electron chi connectivity index (χ4n) is 2.47. The molecule has 0 aromatic heterocycles. The molecular formula is C15H23NO3S. The summed E-state index contributed by atoms with van der Waals surface area (Å²) in [6.07, 6.45) is 2.79. The van der Waals surface area contributed by atoms with Gasteiger partial charge in [0, 0.05) is 26.8 Å². The highest BCUT2D eigenvalue weighted by Crippen LogP contribution is 2.20. The van der Waals surface area contributed by atoms with Gasteiger partial charge in [0.2, 0.25) is 10.0 Å². The Bertz CT molecular complexity index is 519. The van der Waals surface area contributed by atoms with Crippen LogP contribution in [0.4, 0.5) is 0 Å². The summed E-state index contributed by atoms with van der Waals surface area (Å²) in [5, 5.41) is 0. The van der Waals surface area contributed by atoms with E-state index >= 15 is 0 Å². The van der Waals surface area contributed by atoms with Crippen LogP contribution in [0.1, 0.15) is 25.3 Å². The van der Waals surface area contributed by atoms with Gasteiger partial charge in [-0.15, -0.1) is 0 Å². The predicted molar refractivity (Wildman–Crippen MR) is 79.2 cm³/mol. The Labute approximate surface area is 121 Å². The average Bonchev–Trinajstić information content (AvgIpc) is 2.48. The zero-order valence-corrected chi connectivity index (χ0v) is 13.0. The third-order valence-corrected chi connectivity index (χ3v) is 5.73. The molecule has 0 aliphatic carbocycles. The minimum atomic E-state index is -3.37. The van der Waals surface area contributed by atoms with Crippen LogP contribution in [0.3, 0.4) is 0 Å². The lowest BCUT2D eigenvalue weighted by atomic mass is 10.0. The van der Waals surface area contributed by atoms with Crippen molar-refractivity contribution in [3.63, 3.8) is 0 Å². The van der Waals surface area contributed by atoms with Gasteiger partial charge in [0.15, 0.2) is 0 Å². The molecule has 0 amide bonds. The molecule has 2 rings (SSSR count). The summed E-state index contributed by atoms with van der Waals surface area (Å²) < 4.78 is 31.8. The molecule has 0 bridgehead atoms. The van der Waals surface area contributed by atoms with Crippen molar-refractivity contribution in [2.75, 3.05) is 26.8 Å². The summed E-state index contributed by atoms with van der Waals surface area (Å²) in [5.74, 6) is 0.401. The largest absolute Gasteiger partial charge is 0.381 e. The first kappa shape index (κ1) is 15.5. The van der Waals surface area contributed by atoms with Crippen molar-refractivity contribution >= 4 is 10.0 Å². The fraction of sp³-hybridized carbons (Fsp3) is 0.600. The highest BCUT2D eigenvalue weighted by atomic mass is 32.2. The van der Waals surface area contributed by atoms with E-state index in [0.29, 0.717) is 17.4 Å². The van der Waals surface area contributed by atoms with Crippen LogP contribution in [0.5, 0.6) is 0 Å². The van der Waals surface area contributed by atoms with Crippen molar-refractivity contribution < 1.29 is 13.2 Å². The second-order valence-electron chi connectivity index (χ2n) is 5.34. The first-order chi connectivity index (χ1) is 9.54. The quantitative estimate of drug-likeness (QED) is 0.838. The SMILES string of the molecule is CCc1ccc(S(=O)(=O)N(C)CC2CCOCC2)cc1. The van der Waals surface area contributed by atoms with E-state index < -0.39 is 10.0 Å². The molecule has 1 aromatic rings. The number of aryl methyl sites for hydroxylation is 1. The van der Waals surface area contributed by atoms with Gasteiger partial charge in [0.25, 0.3) is 0 Å². The molecule has 0 unspecified atom stereocenters. The monoisotopic (exact) mass is 297 g/mol. The van der Waals surface area contributed by atoms with Crippen molar-refractivity contribution in [3.05, 3.63) is 29.8 Å². The zero-order valence-electron chi connectivity index (χ0n) is 12.2. The first-order valence-corrected chi connectivity index (χ1v) is 8.61. The number of hydrogen-bond acceptors (Lipinski definition) is 3. The summed E-state index contributed by atoms with van der Waals surface area (Å²) in [4.78, 5) is 0.379. The lowest BCUT2D eigenvalue weighted by molar-refractivity contribution is 0.0620. The molecule has 112 valence electrons. The summed E-state index contributed by atoms with van der Waals surface area (Å²) >= 11 is 0. The topological polar surface area (TPSA) is 46.6 Å². The van der Waals surface area contributed by atoms with Crippen LogP contribution in [0.25, 0.3) is 0 Å². The Morgan fingerprint density at radius 3 is 2.35 bits per heavy atom. The van der Waals surface area contributed by atoms with Crippen molar-refractivity contribution in [1.82, 2.24) is 4.31 Å². The fourth-order valence-corrected chi connectivity index (χ4v) is 3.71. The zero-order chi connectivity index (χ0) is 14.6. The van der Waals surface area contributed by atoms with Crippen LogP contribution in [-0.4, -0.2) is 39.5 Å². The maximum atomic E-state index is 12.5. The smallest absolute Gasteiger partial charge is 0.242 e. The standard InChI is InChI=1S/C15H23NO3S/c1-3-13-4-6-15(7-5-13)20(17,18)16(2)12-14-8-10-19-11-9-14/h4-7,14H,3,8-12H2,1-2H3. The van der Waals surface area contributed by atoms with Crippen molar-refractivity contribution in [1.29, 1.82) is 0 Å². The Morgan fingerprint density at radius 2 is 1.80 bits per heavy atom. The minimum absolute atomic E-state index is 0.379. The van der Waals surface area contributed by atoms with Gasteiger partial charge in [-0.1, -0.05) is 19.1 Å². The molecule has 0 N–H and O–H groups in total. The molecule has 1 heterocycles. The van der Waals surface area contributed by atoms with E-state index in [1.807, 2.05) is 12.1 Å².